The van der Waals surface area contributed by atoms with Crippen LogP contribution in [0.25, 0.3) is 0 Å². The molecule has 2 N–H and O–H groups in total. The van der Waals surface area contributed by atoms with E-state index in [-0.39, 0.29) is 0 Å². The average molecular weight is 286 g/mol. The molecular weight excluding hydrogens is 264 g/mol. The van der Waals surface area contributed by atoms with Crippen molar-refractivity contribution in [3.63, 3.8) is 0 Å². The van der Waals surface area contributed by atoms with Gasteiger partial charge in [-0.25, -0.2) is 4.98 Å². The molecule has 0 bridgehead atoms. The summed E-state index contributed by atoms with van der Waals surface area (Å²) in [7, 11) is 0. The zero-order chi connectivity index (χ0) is 14.3. The molecular formula is C13H22N2O3S. The summed E-state index contributed by atoms with van der Waals surface area (Å²) in [5.74, 6) is 0.104. The number of carboxylic acid groups (broad SMARTS) is 1. The van der Waals surface area contributed by atoms with Crippen LogP contribution in [0.3, 0.4) is 0 Å². The van der Waals surface area contributed by atoms with E-state index in [1.165, 1.54) is 0 Å². The molecule has 0 aliphatic rings. The summed E-state index contributed by atoms with van der Waals surface area (Å²) in [5.41, 5.74) is 0.0620. The Morgan fingerprint density at radius 1 is 1.58 bits per heavy atom. The Labute approximate surface area is 118 Å². The molecule has 0 aliphatic carbocycles. The summed E-state index contributed by atoms with van der Waals surface area (Å²) in [6.45, 7) is 6.21. The second kappa shape index (κ2) is 7.55. The van der Waals surface area contributed by atoms with Gasteiger partial charge >= 0.3 is 5.97 Å². The van der Waals surface area contributed by atoms with Gasteiger partial charge in [0.05, 0.1) is 5.69 Å². The maximum absolute atomic E-state index is 11.2. The number of thioether (sulfide) groups is 1. The third kappa shape index (κ3) is 5.24. The largest absolute Gasteiger partial charge is 0.480 e. The maximum atomic E-state index is 11.2. The number of oxazole rings is 1. The first-order valence-electron chi connectivity index (χ1n) is 6.51. The molecule has 0 aromatic carbocycles. The van der Waals surface area contributed by atoms with Crippen molar-refractivity contribution in [2.24, 2.45) is 0 Å². The number of nitrogens with zero attached hydrogens (tertiary/aromatic N) is 1. The fourth-order valence-corrected chi connectivity index (χ4v) is 2.65. The van der Waals surface area contributed by atoms with E-state index in [9.17, 15) is 9.90 Å². The standard InChI is InChI=1S/C13H22N2O3S/c1-4-14-13(3,11(16)17)7-5-6-8-19-12-15-10(2)9-18-12/h9,14H,4-8H2,1-3H3,(H,16,17). The summed E-state index contributed by atoms with van der Waals surface area (Å²) < 4.78 is 5.23. The molecule has 1 rings (SSSR count). The van der Waals surface area contributed by atoms with Crippen LogP contribution in [-0.2, 0) is 4.79 Å². The number of likely N-dealkylation sites (N-methyl/N-ethyl adjacent to an activating group) is 1. The van der Waals surface area contributed by atoms with Crippen molar-refractivity contribution in [2.45, 2.75) is 50.8 Å². The van der Waals surface area contributed by atoms with E-state index in [0.29, 0.717) is 18.2 Å². The molecule has 1 atom stereocenters. The highest BCUT2D eigenvalue weighted by molar-refractivity contribution is 7.99. The Balaban J connectivity index is 2.24. The van der Waals surface area contributed by atoms with Crippen LogP contribution in [-0.4, -0.2) is 33.9 Å². The van der Waals surface area contributed by atoms with Crippen LogP contribution in [0.1, 0.15) is 38.8 Å². The van der Waals surface area contributed by atoms with Crippen LogP contribution in [0, 0.1) is 6.92 Å². The lowest BCUT2D eigenvalue weighted by Gasteiger charge is -2.25. The first-order valence-corrected chi connectivity index (χ1v) is 7.50. The van der Waals surface area contributed by atoms with Crippen LogP contribution in [0.4, 0.5) is 0 Å². The highest BCUT2D eigenvalue weighted by atomic mass is 32.2. The van der Waals surface area contributed by atoms with Crippen LogP contribution < -0.4 is 5.32 Å². The van der Waals surface area contributed by atoms with Gasteiger partial charge in [-0.2, -0.15) is 0 Å². The molecule has 1 aromatic rings. The molecule has 1 aromatic heterocycles. The van der Waals surface area contributed by atoms with Gasteiger partial charge < -0.3 is 14.8 Å². The summed E-state index contributed by atoms with van der Waals surface area (Å²) in [6.07, 6.45) is 4.07. The molecule has 19 heavy (non-hydrogen) atoms. The SMILES string of the molecule is CCNC(C)(CCCCSc1nc(C)co1)C(=O)O. The quantitative estimate of drug-likeness (QED) is 0.537. The minimum atomic E-state index is -0.820. The van der Waals surface area contributed by atoms with E-state index in [1.54, 1.807) is 24.9 Å². The predicted octanol–water partition coefficient (Wildman–Crippen LogP) is 2.70. The molecule has 0 fully saturated rings. The number of rotatable bonds is 9. The molecule has 0 amide bonds. The maximum Gasteiger partial charge on any atom is 0.323 e. The van der Waals surface area contributed by atoms with Crippen molar-refractivity contribution >= 4 is 17.7 Å². The van der Waals surface area contributed by atoms with Gasteiger partial charge in [-0.3, -0.25) is 4.79 Å². The number of aromatic nitrogens is 1. The van der Waals surface area contributed by atoms with E-state index in [0.717, 1.165) is 24.3 Å². The smallest absolute Gasteiger partial charge is 0.323 e. The molecule has 1 heterocycles. The molecule has 0 spiro atoms. The number of hydrogen-bond acceptors (Lipinski definition) is 5. The monoisotopic (exact) mass is 286 g/mol. The van der Waals surface area contributed by atoms with Gasteiger partial charge in [0.1, 0.15) is 11.8 Å². The van der Waals surface area contributed by atoms with E-state index in [1.807, 2.05) is 13.8 Å². The van der Waals surface area contributed by atoms with Gasteiger partial charge in [0.25, 0.3) is 5.22 Å². The third-order valence-corrected chi connectivity index (χ3v) is 3.86. The van der Waals surface area contributed by atoms with Crippen molar-refractivity contribution < 1.29 is 14.3 Å². The second-order valence-corrected chi connectivity index (χ2v) is 5.77. The Morgan fingerprint density at radius 3 is 2.84 bits per heavy atom. The number of carboxylic acids is 1. The summed E-state index contributed by atoms with van der Waals surface area (Å²) in [6, 6.07) is 0. The minimum Gasteiger partial charge on any atom is -0.480 e. The van der Waals surface area contributed by atoms with Gasteiger partial charge in [0, 0.05) is 5.75 Å². The van der Waals surface area contributed by atoms with Crippen LogP contribution in [0.2, 0.25) is 0 Å². The first kappa shape index (κ1) is 16.0. The number of hydrogen-bond donors (Lipinski definition) is 2. The van der Waals surface area contributed by atoms with Crippen molar-refractivity contribution in [1.29, 1.82) is 0 Å². The Bertz CT molecular complexity index is 408. The normalized spacial score (nSPS) is 14.3. The third-order valence-electron chi connectivity index (χ3n) is 2.93. The van der Waals surface area contributed by atoms with Gasteiger partial charge in [0.2, 0.25) is 0 Å². The Kier molecular flexibility index (Phi) is 6.37. The zero-order valence-corrected chi connectivity index (χ0v) is 12.5. The predicted molar refractivity (Wildman–Crippen MR) is 75.5 cm³/mol. The molecule has 6 heteroatoms. The van der Waals surface area contributed by atoms with Crippen LogP contribution in [0.5, 0.6) is 0 Å². The first-order chi connectivity index (χ1) is 8.98. The summed E-state index contributed by atoms with van der Waals surface area (Å²) >= 11 is 1.57. The van der Waals surface area contributed by atoms with Crippen molar-refractivity contribution in [3.05, 3.63) is 12.0 Å². The summed E-state index contributed by atoms with van der Waals surface area (Å²) in [5, 5.41) is 12.9. The number of unbranched alkanes of at least 4 members (excludes halogenated alkanes) is 1. The van der Waals surface area contributed by atoms with Crippen molar-refractivity contribution in [2.75, 3.05) is 12.3 Å². The molecule has 0 saturated heterocycles. The Hall–Kier alpha value is -1.01. The van der Waals surface area contributed by atoms with E-state index in [2.05, 4.69) is 10.3 Å². The van der Waals surface area contributed by atoms with Crippen molar-refractivity contribution in [1.82, 2.24) is 10.3 Å². The fourth-order valence-electron chi connectivity index (χ4n) is 1.80. The van der Waals surface area contributed by atoms with Gasteiger partial charge in [-0.15, -0.1) is 0 Å². The van der Waals surface area contributed by atoms with E-state index < -0.39 is 11.5 Å². The summed E-state index contributed by atoms with van der Waals surface area (Å²) in [4.78, 5) is 15.4. The van der Waals surface area contributed by atoms with Crippen LogP contribution >= 0.6 is 11.8 Å². The van der Waals surface area contributed by atoms with Gasteiger partial charge in [-0.05, 0) is 33.2 Å². The second-order valence-electron chi connectivity index (χ2n) is 4.73. The zero-order valence-electron chi connectivity index (χ0n) is 11.7. The molecule has 0 aliphatic heterocycles. The number of aliphatic carboxylic acids is 1. The lowest BCUT2D eigenvalue weighted by Crippen LogP contribution is -2.49. The van der Waals surface area contributed by atoms with Crippen LogP contribution in [0.15, 0.2) is 15.9 Å². The molecule has 0 saturated carbocycles. The molecule has 108 valence electrons. The lowest BCUT2D eigenvalue weighted by molar-refractivity contribution is -0.144. The average Bonchev–Trinajstić information content (AvgIpc) is 2.75. The van der Waals surface area contributed by atoms with E-state index >= 15 is 0 Å². The van der Waals surface area contributed by atoms with Gasteiger partial charge in [0.15, 0.2) is 0 Å². The number of nitrogens with one attached hydrogen (secondary N) is 1. The molecule has 0 radical (unpaired) electrons. The highest BCUT2D eigenvalue weighted by Crippen LogP contribution is 2.20. The number of aryl methyl sites for hydroxylation is 1. The number of carbonyl (C=O) groups is 1. The molecule has 1 unspecified atom stereocenters. The van der Waals surface area contributed by atoms with E-state index in [4.69, 9.17) is 4.42 Å². The minimum absolute atomic E-state index is 0.626. The Morgan fingerprint density at radius 2 is 2.32 bits per heavy atom. The highest BCUT2D eigenvalue weighted by Gasteiger charge is 2.30. The van der Waals surface area contributed by atoms with Crippen molar-refractivity contribution in [3.8, 4) is 0 Å². The fraction of sp³-hybridized carbons (Fsp3) is 0.692. The van der Waals surface area contributed by atoms with Gasteiger partial charge in [-0.1, -0.05) is 25.1 Å². The lowest BCUT2D eigenvalue weighted by atomic mass is 9.95. The topological polar surface area (TPSA) is 75.4 Å². The molecule has 5 nitrogen and oxygen atoms in total.